The van der Waals surface area contributed by atoms with Crippen molar-refractivity contribution in [2.45, 2.75) is 6.54 Å². The van der Waals surface area contributed by atoms with Crippen molar-refractivity contribution in [1.29, 1.82) is 0 Å². The van der Waals surface area contributed by atoms with Crippen molar-refractivity contribution in [3.8, 4) is 11.5 Å². The molecular formula is C17H11BrN6O8. The van der Waals surface area contributed by atoms with E-state index >= 15 is 0 Å². The predicted octanol–water partition coefficient (Wildman–Crippen LogP) is 2.60. The van der Waals surface area contributed by atoms with Gasteiger partial charge in [0.1, 0.15) is 16.8 Å². The van der Waals surface area contributed by atoms with Gasteiger partial charge in [-0.3, -0.25) is 14.9 Å². The van der Waals surface area contributed by atoms with Crippen molar-refractivity contribution >= 4 is 39.6 Å². The van der Waals surface area contributed by atoms with Crippen LogP contribution in [0.5, 0.6) is 11.5 Å². The van der Waals surface area contributed by atoms with Gasteiger partial charge in [-0.05, 0) is 39.1 Å². The predicted molar refractivity (Wildman–Crippen MR) is 109 cm³/mol. The largest absolute Gasteiger partial charge is 0.454 e. The van der Waals surface area contributed by atoms with E-state index in [0.29, 0.717) is 11.5 Å². The summed E-state index contributed by atoms with van der Waals surface area (Å²) in [5, 5.41) is 29.6. The summed E-state index contributed by atoms with van der Waals surface area (Å²) in [7, 11) is 0. The summed E-state index contributed by atoms with van der Waals surface area (Å²) in [6.07, 6.45) is 2.51. The molecule has 1 aliphatic heterocycles. The second kappa shape index (κ2) is 8.46. The number of nitrogens with zero attached hydrogens (tertiary/aromatic N) is 5. The fourth-order valence-electron chi connectivity index (χ4n) is 2.76. The van der Waals surface area contributed by atoms with Crippen LogP contribution in [0.2, 0.25) is 0 Å². The van der Waals surface area contributed by atoms with E-state index in [-0.39, 0.29) is 46.4 Å². The number of nitro benzene ring substituents is 1. The lowest BCUT2D eigenvalue weighted by Gasteiger charge is -2.01. The molecule has 164 valence electrons. The van der Waals surface area contributed by atoms with E-state index in [1.807, 2.05) is 0 Å². The van der Waals surface area contributed by atoms with Gasteiger partial charge < -0.3 is 24.0 Å². The van der Waals surface area contributed by atoms with Gasteiger partial charge in [0.25, 0.3) is 5.69 Å². The molecule has 0 saturated carbocycles. The molecule has 3 heterocycles. The Morgan fingerprint density at radius 1 is 1.25 bits per heavy atom. The number of benzene rings is 1. The number of halogens is 1. The molecule has 0 bridgehead atoms. The molecule has 3 aromatic rings. The number of nitrogens with one attached hydrogen (secondary N) is 1. The number of carbonyl (C=O) groups excluding carboxylic acids is 1. The first-order chi connectivity index (χ1) is 15.3. The van der Waals surface area contributed by atoms with Gasteiger partial charge in [0, 0.05) is 0 Å². The van der Waals surface area contributed by atoms with Gasteiger partial charge in [-0.15, -0.1) is 0 Å². The SMILES string of the molecule is O=C(N/N=C\c1cc2c(cc1[N+](=O)[O-])OCO2)c1ccc(Cn2cc(Br)c([N+](=O)[O-])n2)o1. The first-order valence-electron chi connectivity index (χ1n) is 8.69. The average molecular weight is 507 g/mol. The van der Waals surface area contributed by atoms with Crippen LogP contribution in [0.1, 0.15) is 21.9 Å². The molecule has 15 heteroatoms. The third kappa shape index (κ3) is 4.27. The molecule has 1 aromatic carbocycles. The molecule has 1 N–H and O–H groups in total. The Morgan fingerprint density at radius 3 is 2.69 bits per heavy atom. The molecule has 0 saturated heterocycles. The van der Waals surface area contributed by atoms with Crippen LogP contribution < -0.4 is 14.9 Å². The molecule has 14 nitrogen and oxygen atoms in total. The van der Waals surface area contributed by atoms with Gasteiger partial charge in [0.05, 0.1) is 34.1 Å². The Bertz CT molecular complexity index is 1270. The normalized spacial score (nSPS) is 12.3. The Morgan fingerprint density at radius 2 is 2.00 bits per heavy atom. The van der Waals surface area contributed by atoms with E-state index in [1.165, 1.54) is 35.1 Å². The zero-order chi connectivity index (χ0) is 22.8. The van der Waals surface area contributed by atoms with Gasteiger partial charge >= 0.3 is 11.7 Å². The zero-order valence-corrected chi connectivity index (χ0v) is 17.3. The number of hydrogen-bond donors (Lipinski definition) is 1. The first-order valence-corrected chi connectivity index (χ1v) is 9.48. The van der Waals surface area contributed by atoms with Crippen LogP contribution in [0.15, 0.2) is 44.5 Å². The lowest BCUT2D eigenvalue weighted by Crippen LogP contribution is -2.17. The van der Waals surface area contributed by atoms with E-state index in [4.69, 9.17) is 13.9 Å². The number of hydrogen-bond acceptors (Lipinski definition) is 10. The van der Waals surface area contributed by atoms with E-state index < -0.39 is 15.8 Å². The number of furan rings is 1. The minimum atomic E-state index is -0.705. The maximum absolute atomic E-state index is 12.2. The maximum Gasteiger partial charge on any atom is 0.404 e. The van der Waals surface area contributed by atoms with Crippen molar-refractivity contribution in [3.63, 3.8) is 0 Å². The molecule has 4 rings (SSSR count). The molecule has 0 fully saturated rings. The molecule has 32 heavy (non-hydrogen) atoms. The highest BCUT2D eigenvalue weighted by Crippen LogP contribution is 2.37. The third-order valence-electron chi connectivity index (χ3n) is 4.16. The molecular weight excluding hydrogens is 496 g/mol. The van der Waals surface area contributed by atoms with Crippen LogP contribution in [0.4, 0.5) is 11.5 Å². The monoisotopic (exact) mass is 506 g/mol. The third-order valence-corrected chi connectivity index (χ3v) is 4.72. The fraction of sp³-hybridized carbons (Fsp3) is 0.118. The Kier molecular flexibility index (Phi) is 5.55. The molecule has 2 aromatic heterocycles. The zero-order valence-electron chi connectivity index (χ0n) is 15.8. The van der Waals surface area contributed by atoms with Gasteiger partial charge in [-0.1, -0.05) is 0 Å². The molecule has 1 aliphatic rings. The van der Waals surface area contributed by atoms with E-state index in [0.717, 1.165) is 6.21 Å². The van der Waals surface area contributed by atoms with E-state index in [9.17, 15) is 25.0 Å². The summed E-state index contributed by atoms with van der Waals surface area (Å²) in [4.78, 5) is 33.1. The van der Waals surface area contributed by atoms with Crippen molar-refractivity contribution in [3.05, 3.63) is 72.2 Å². The minimum absolute atomic E-state index is 0.0480. The number of amides is 1. The van der Waals surface area contributed by atoms with Crippen molar-refractivity contribution in [2.24, 2.45) is 5.10 Å². The molecule has 0 unspecified atom stereocenters. The van der Waals surface area contributed by atoms with Crippen LogP contribution in [0.25, 0.3) is 0 Å². The second-order valence-electron chi connectivity index (χ2n) is 6.24. The molecule has 0 spiro atoms. The van der Waals surface area contributed by atoms with Crippen LogP contribution >= 0.6 is 15.9 Å². The standard InChI is InChI=1S/C17H11BrN6O8/c18-11-7-22(21-16(11)24(28)29)6-10-1-2-13(32-10)17(25)20-19-5-9-3-14-15(31-8-30-14)4-12(9)23(26)27/h1-5,7H,6,8H2,(H,20,25)/b19-5-. The van der Waals surface area contributed by atoms with Gasteiger partial charge in [-0.25, -0.2) is 5.43 Å². The van der Waals surface area contributed by atoms with E-state index in [1.54, 1.807) is 0 Å². The number of hydrazone groups is 1. The van der Waals surface area contributed by atoms with Crippen LogP contribution in [-0.4, -0.2) is 38.5 Å². The highest BCUT2D eigenvalue weighted by Gasteiger charge is 2.23. The number of fused-ring (bicyclic) bond motifs is 1. The van der Waals surface area contributed by atoms with Crippen molar-refractivity contribution in [2.75, 3.05) is 6.79 Å². The first kappa shape index (κ1) is 21.0. The number of ether oxygens (including phenoxy) is 2. The fourth-order valence-corrected chi connectivity index (χ4v) is 3.22. The molecule has 0 atom stereocenters. The van der Waals surface area contributed by atoms with Crippen LogP contribution in [0.3, 0.4) is 0 Å². The van der Waals surface area contributed by atoms with E-state index in [2.05, 4.69) is 31.6 Å². The Labute approximate surface area is 185 Å². The summed E-state index contributed by atoms with van der Waals surface area (Å²) in [6.45, 7) is -0.000143. The summed E-state index contributed by atoms with van der Waals surface area (Å²) in [5.74, 6) is -0.251. The quantitative estimate of drug-likeness (QED) is 0.286. The molecule has 0 aliphatic carbocycles. The lowest BCUT2D eigenvalue weighted by molar-refractivity contribution is -0.390. The summed E-state index contributed by atoms with van der Waals surface area (Å²) in [6, 6.07) is 5.48. The summed E-state index contributed by atoms with van der Waals surface area (Å²) in [5.41, 5.74) is 2.04. The van der Waals surface area contributed by atoms with Gasteiger partial charge in [0.15, 0.2) is 17.3 Å². The number of carbonyl (C=O) groups is 1. The second-order valence-corrected chi connectivity index (χ2v) is 7.10. The van der Waals surface area contributed by atoms with Gasteiger partial charge in [0.2, 0.25) is 6.79 Å². The van der Waals surface area contributed by atoms with Crippen molar-refractivity contribution in [1.82, 2.24) is 15.2 Å². The molecule has 1 amide bonds. The summed E-state index contributed by atoms with van der Waals surface area (Å²) >= 11 is 3.04. The number of aromatic nitrogens is 2. The highest BCUT2D eigenvalue weighted by atomic mass is 79.9. The van der Waals surface area contributed by atoms with Gasteiger partial charge in [-0.2, -0.15) is 9.78 Å². The number of rotatable bonds is 7. The minimum Gasteiger partial charge on any atom is -0.454 e. The Balaban J connectivity index is 1.43. The Hall–Kier alpha value is -4.27. The smallest absolute Gasteiger partial charge is 0.404 e. The highest BCUT2D eigenvalue weighted by molar-refractivity contribution is 9.10. The lowest BCUT2D eigenvalue weighted by atomic mass is 10.1. The summed E-state index contributed by atoms with van der Waals surface area (Å²) < 4.78 is 17.2. The topological polar surface area (TPSA) is 177 Å². The molecule has 0 radical (unpaired) electrons. The number of nitro groups is 2. The average Bonchev–Trinajstić information content (AvgIpc) is 3.47. The van der Waals surface area contributed by atoms with Crippen LogP contribution in [-0.2, 0) is 6.54 Å². The van der Waals surface area contributed by atoms with Crippen LogP contribution in [0, 0.1) is 20.2 Å². The maximum atomic E-state index is 12.2. The van der Waals surface area contributed by atoms with Crippen molar-refractivity contribution < 1.29 is 28.5 Å².